The van der Waals surface area contributed by atoms with Gasteiger partial charge in [0.1, 0.15) is 5.82 Å². The average Bonchev–Trinajstić information content (AvgIpc) is 3.15. The summed E-state index contributed by atoms with van der Waals surface area (Å²) in [5.74, 6) is -0.270. The molecule has 1 aromatic heterocycles. The number of nitrogens with one attached hydrogen (secondary N) is 1. The molecule has 0 aliphatic carbocycles. The van der Waals surface area contributed by atoms with Crippen LogP contribution < -0.4 is 10.3 Å². The molecular weight excluding hydrogens is 363 g/mol. The lowest BCUT2D eigenvalue weighted by atomic mass is 10.1. The molecule has 27 heavy (non-hydrogen) atoms. The van der Waals surface area contributed by atoms with Crippen molar-refractivity contribution in [2.24, 2.45) is 5.10 Å². The summed E-state index contributed by atoms with van der Waals surface area (Å²) < 4.78 is 18.4. The minimum Gasteiger partial charge on any atom is -0.378 e. The third-order valence-electron chi connectivity index (χ3n) is 4.19. The Labute approximate surface area is 161 Å². The summed E-state index contributed by atoms with van der Waals surface area (Å²) in [7, 11) is 0. The molecule has 0 unspecified atom stereocenters. The van der Waals surface area contributed by atoms with Gasteiger partial charge in [-0.2, -0.15) is 5.10 Å². The van der Waals surface area contributed by atoms with Crippen LogP contribution in [-0.4, -0.2) is 37.5 Å². The number of morpholine rings is 1. The van der Waals surface area contributed by atoms with Crippen molar-refractivity contribution < 1.29 is 9.13 Å². The summed E-state index contributed by atoms with van der Waals surface area (Å²) in [6.45, 7) is 3.11. The van der Waals surface area contributed by atoms with Gasteiger partial charge in [-0.15, -0.1) is 0 Å². The Kier molecular flexibility index (Phi) is 5.41. The van der Waals surface area contributed by atoms with Crippen molar-refractivity contribution in [3.63, 3.8) is 0 Å². The topological polar surface area (TPSA) is 49.8 Å². The number of aromatic nitrogens is 1. The number of anilines is 2. The first-order valence-corrected chi connectivity index (χ1v) is 9.55. The van der Waals surface area contributed by atoms with Crippen LogP contribution in [0.4, 0.5) is 15.2 Å². The number of hydrogen-bond acceptors (Lipinski definition) is 6. The Morgan fingerprint density at radius 1 is 1.07 bits per heavy atom. The van der Waals surface area contributed by atoms with Crippen molar-refractivity contribution in [1.29, 1.82) is 0 Å². The molecule has 1 saturated heterocycles. The molecule has 0 radical (unpaired) electrons. The number of halogens is 1. The molecule has 7 heteroatoms. The molecule has 1 N–H and O–H groups in total. The highest BCUT2D eigenvalue weighted by Gasteiger charge is 2.18. The second-order valence-corrected chi connectivity index (χ2v) is 7.06. The fourth-order valence-corrected chi connectivity index (χ4v) is 3.80. The molecule has 1 aliphatic rings. The van der Waals surface area contributed by atoms with E-state index in [0.717, 1.165) is 53.3 Å². The highest BCUT2D eigenvalue weighted by molar-refractivity contribution is 7.17. The molecule has 2 aromatic carbocycles. The van der Waals surface area contributed by atoms with Crippen LogP contribution in [0.15, 0.2) is 59.7 Å². The Balaban J connectivity index is 1.60. The molecule has 0 atom stereocenters. The zero-order chi connectivity index (χ0) is 18.5. The Morgan fingerprint density at radius 3 is 2.56 bits per heavy atom. The number of rotatable bonds is 5. The van der Waals surface area contributed by atoms with Crippen molar-refractivity contribution in [3.8, 4) is 11.3 Å². The molecule has 1 aliphatic heterocycles. The van der Waals surface area contributed by atoms with Gasteiger partial charge in [-0.1, -0.05) is 41.7 Å². The van der Waals surface area contributed by atoms with Crippen LogP contribution in [0.25, 0.3) is 11.3 Å². The van der Waals surface area contributed by atoms with Crippen LogP contribution in [0.1, 0.15) is 4.88 Å². The van der Waals surface area contributed by atoms with E-state index >= 15 is 0 Å². The van der Waals surface area contributed by atoms with Gasteiger partial charge >= 0.3 is 0 Å². The number of nitrogens with zero attached hydrogens (tertiary/aromatic N) is 3. The maximum Gasteiger partial charge on any atom is 0.186 e. The van der Waals surface area contributed by atoms with Gasteiger partial charge in [0.05, 0.1) is 35.7 Å². The number of benzene rings is 2. The lowest BCUT2D eigenvalue weighted by Gasteiger charge is -2.26. The molecule has 0 bridgehead atoms. The fourth-order valence-electron chi connectivity index (χ4n) is 2.79. The zero-order valence-electron chi connectivity index (χ0n) is 14.6. The van der Waals surface area contributed by atoms with E-state index in [0.29, 0.717) is 0 Å². The molecule has 0 saturated carbocycles. The second-order valence-electron chi connectivity index (χ2n) is 6.05. The highest BCUT2D eigenvalue weighted by Crippen LogP contribution is 2.32. The van der Waals surface area contributed by atoms with Gasteiger partial charge in [-0.25, -0.2) is 9.37 Å². The van der Waals surface area contributed by atoms with E-state index in [1.54, 1.807) is 29.7 Å². The summed E-state index contributed by atoms with van der Waals surface area (Å²) >= 11 is 1.61. The van der Waals surface area contributed by atoms with E-state index in [-0.39, 0.29) is 5.82 Å². The van der Waals surface area contributed by atoms with Crippen molar-refractivity contribution in [3.05, 3.63) is 65.3 Å². The van der Waals surface area contributed by atoms with Gasteiger partial charge in [0.15, 0.2) is 5.13 Å². The third-order valence-corrected chi connectivity index (χ3v) is 5.24. The number of ether oxygens (including phenoxy) is 1. The van der Waals surface area contributed by atoms with Gasteiger partial charge in [-0.3, -0.25) is 5.43 Å². The minimum atomic E-state index is -0.270. The zero-order valence-corrected chi connectivity index (χ0v) is 15.5. The molecule has 0 spiro atoms. The quantitative estimate of drug-likeness (QED) is 0.530. The lowest BCUT2D eigenvalue weighted by Crippen LogP contribution is -2.36. The molecule has 0 amide bonds. The van der Waals surface area contributed by atoms with Crippen LogP contribution in [0, 0.1) is 5.82 Å². The standard InChI is InChI=1S/C20H19FN4OS/c21-16-6-8-17(9-7-16)24-22-14-18-19(15-4-2-1-3-5-15)23-20(27-18)25-10-12-26-13-11-25/h1-9,14,24H,10-13H2/b22-14-. The first-order chi connectivity index (χ1) is 13.3. The number of thiazole rings is 1. The fraction of sp³-hybridized carbons (Fsp3) is 0.200. The Bertz CT molecular complexity index is 905. The summed E-state index contributed by atoms with van der Waals surface area (Å²) in [4.78, 5) is 8.07. The maximum atomic E-state index is 13.0. The van der Waals surface area contributed by atoms with Gasteiger partial charge in [0.2, 0.25) is 0 Å². The van der Waals surface area contributed by atoms with Gasteiger partial charge < -0.3 is 9.64 Å². The Morgan fingerprint density at radius 2 is 1.81 bits per heavy atom. The monoisotopic (exact) mass is 382 g/mol. The second kappa shape index (κ2) is 8.28. The molecular formula is C20H19FN4OS. The van der Waals surface area contributed by atoms with Crippen molar-refractivity contribution in [2.75, 3.05) is 36.6 Å². The largest absolute Gasteiger partial charge is 0.378 e. The van der Waals surface area contributed by atoms with Crippen molar-refractivity contribution >= 4 is 28.4 Å². The summed E-state index contributed by atoms with van der Waals surface area (Å²) in [5, 5.41) is 5.29. The maximum absolute atomic E-state index is 13.0. The van der Waals surface area contributed by atoms with Crippen molar-refractivity contribution in [1.82, 2.24) is 4.98 Å². The van der Waals surface area contributed by atoms with Crippen molar-refractivity contribution in [2.45, 2.75) is 0 Å². The molecule has 138 valence electrons. The summed E-state index contributed by atoms with van der Waals surface area (Å²) in [5.41, 5.74) is 5.63. The highest BCUT2D eigenvalue weighted by atomic mass is 32.1. The molecule has 3 aromatic rings. The van der Waals surface area contributed by atoms with E-state index in [1.165, 1.54) is 12.1 Å². The van der Waals surface area contributed by atoms with E-state index in [4.69, 9.17) is 9.72 Å². The Hall–Kier alpha value is -2.77. The van der Waals surface area contributed by atoms with E-state index in [1.807, 2.05) is 30.3 Å². The van der Waals surface area contributed by atoms with Gasteiger partial charge in [0.25, 0.3) is 0 Å². The third kappa shape index (κ3) is 4.32. The predicted octanol–water partition coefficient (Wildman–Crippen LogP) is 4.23. The molecule has 5 nitrogen and oxygen atoms in total. The van der Waals surface area contributed by atoms with Crippen LogP contribution in [0.3, 0.4) is 0 Å². The van der Waals surface area contributed by atoms with Crippen LogP contribution >= 0.6 is 11.3 Å². The van der Waals surface area contributed by atoms with Crippen LogP contribution in [0.5, 0.6) is 0 Å². The molecule has 4 rings (SSSR count). The van der Waals surface area contributed by atoms with E-state index < -0.39 is 0 Å². The van der Waals surface area contributed by atoms with E-state index in [9.17, 15) is 4.39 Å². The lowest BCUT2D eigenvalue weighted by molar-refractivity contribution is 0.122. The van der Waals surface area contributed by atoms with Gasteiger partial charge in [0, 0.05) is 18.7 Å². The first-order valence-electron chi connectivity index (χ1n) is 8.73. The van der Waals surface area contributed by atoms with E-state index in [2.05, 4.69) is 15.4 Å². The average molecular weight is 382 g/mol. The first kappa shape index (κ1) is 17.6. The molecule has 1 fully saturated rings. The number of hydrogen-bond donors (Lipinski definition) is 1. The smallest absolute Gasteiger partial charge is 0.186 e. The summed E-state index contributed by atoms with van der Waals surface area (Å²) in [6, 6.07) is 16.2. The predicted molar refractivity (Wildman–Crippen MR) is 108 cm³/mol. The molecule has 2 heterocycles. The summed E-state index contributed by atoms with van der Waals surface area (Å²) in [6.07, 6.45) is 1.77. The van der Waals surface area contributed by atoms with Crippen LogP contribution in [-0.2, 0) is 4.74 Å². The SMILES string of the molecule is Fc1ccc(N/N=C\c2sc(N3CCOCC3)nc2-c2ccccc2)cc1. The van der Waals surface area contributed by atoms with Gasteiger partial charge in [-0.05, 0) is 24.3 Å². The normalized spacial score (nSPS) is 14.6. The minimum absolute atomic E-state index is 0.270. The number of hydrazone groups is 1. The van der Waals surface area contributed by atoms with Crippen LogP contribution in [0.2, 0.25) is 0 Å².